The molecule has 1 heterocycles. The molecule has 15 heavy (non-hydrogen) atoms. The molecular weight excluding hydrogens is 184 g/mol. The van der Waals surface area contributed by atoms with E-state index in [0.717, 1.165) is 30.7 Å². The largest absolute Gasteiger partial charge is 0.254 e. The Morgan fingerprint density at radius 3 is 2.20 bits per heavy atom. The highest BCUT2D eigenvalue weighted by atomic mass is 14.8. The zero-order chi connectivity index (χ0) is 11.4. The average molecular weight is 206 g/mol. The van der Waals surface area contributed by atoms with Gasteiger partial charge in [0, 0.05) is 0 Å². The Morgan fingerprint density at radius 2 is 1.73 bits per heavy atom. The van der Waals surface area contributed by atoms with Crippen LogP contribution < -0.4 is 0 Å². The molecule has 0 aromatic carbocycles. The van der Waals surface area contributed by atoms with Crippen molar-refractivity contribution in [3.8, 4) is 0 Å². The monoisotopic (exact) mass is 206 g/mol. The molecule has 1 aromatic rings. The van der Waals surface area contributed by atoms with Crippen LogP contribution in [0.3, 0.4) is 0 Å². The summed E-state index contributed by atoms with van der Waals surface area (Å²) < 4.78 is 0. The van der Waals surface area contributed by atoms with Crippen molar-refractivity contribution in [2.75, 3.05) is 0 Å². The second kappa shape index (κ2) is 5.24. The van der Waals surface area contributed by atoms with Gasteiger partial charge in [-0.05, 0) is 25.7 Å². The van der Waals surface area contributed by atoms with Crippen molar-refractivity contribution in [3.05, 3.63) is 22.8 Å². The molecule has 2 heteroatoms. The molecule has 0 spiro atoms. The van der Waals surface area contributed by atoms with Gasteiger partial charge in [0.2, 0.25) is 0 Å². The molecule has 0 atom stereocenters. The summed E-state index contributed by atoms with van der Waals surface area (Å²) in [7, 11) is 0. The van der Waals surface area contributed by atoms with Crippen LogP contribution in [-0.4, -0.2) is 9.97 Å². The molecule has 2 nitrogen and oxygen atoms in total. The van der Waals surface area contributed by atoms with E-state index in [1.807, 2.05) is 0 Å². The maximum Gasteiger partial charge on any atom is 0.0644 e. The van der Waals surface area contributed by atoms with Gasteiger partial charge in [0.1, 0.15) is 0 Å². The smallest absolute Gasteiger partial charge is 0.0644 e. The Labute approximate surface area is 93.2 Å². The van der Waals surface area contributed by atoms with Gasteiger partial charge < -0.3 is 0 Å². The highest BCUT2D eigenvalue weighted by Crippen LogP contribution is 2.18. The highest BCUT2D eigenvalue weighted by molar-refractivity contribution is 5.22. The molecule has 0 fully saturated rings. The van der Waals surface area contributed by atoms with Crippen molar-refractivity contribution in [3.63, 3.8) is 0 Å². The van der Waals surface area contributed by atoms with Gasteiger partial charge in [-0.1, -0.05) is 34.1 Å². The van der Waals surface area contributed by atoms with Crippen molar-refractivity contribution in [2.24, 2.45) is 0 Å². The van der Waals surface area contributed by atoms with Crippen LogP contribution in [0.25, 0.3) is 0 Å². The predicted molar refractivity (Wildman–Crippen MR) is 64.2 cm³/mol. The van der Waals surface area contributed by atoms with Gasteiger partial charge in [-0.25, -0.2) is 0 Å². The lowest BCUT2D eigenvalue weighted by Gasteiger charge is -2.13. The zero-order valence-corrected chi connectivity index (χ0v) is 10.6. The minimum Gasteiger partial charge on any atom is -0.254 e. The van der Waals surface area contributed by atoms with Crippen LogP contribution in [0.2, 0.25) is 0 Å². The lowest BCUT2D eigenvalue weighted by Crippen LogP contribution is -2.08. The second-order valence-corrected chi connectivity index (χ2v) is 4.35. The summed E-state index contributed by atoms with van der Waals surface area (Å²) in [6.07, 6.45) is 3.18. The minimum absolute atomic E-state index is 0.471. The molecule has 0 amide bonds. The Hall–Kier alpha value is -0.920. The first-order valence-electron chi connectivity index (χ1n) is 5.96. The fraction of sp³-hybridized carbons (Fsp3) is 0.692. The van der Waals surface area contributed by atoms with E-state index in [1.165, 1.54) is 11.4 Å². The number of aromatic nitrogens is 2. The molecule has 0 saturated carbocycles. The van der Waals surface area contributed by atoms with Gasteiger partial charge in [-0.15, -0.1) is 0 Å². The van der Waals surface area contributed by atoms with Gasteiger partial charge in [-0.3, -0.25) is 9.97 Å². The van der Waals surface area contributed by atoms with E-state index in [0.29, 0.717) is 5.92 Å². The third-order valence-corrected chi connectivity index (χ3v) is 2.63. The van der Waals surface area contributed by atoms with E-state index in [9.17, 15) is 0 Å². The van der Waals surface area contributed by atoms with Crippen LogP contribution in [0, 0.1) is 6.92 Å². The Bertz CT molecular complexity index is 330. The highest BCUT2D eigenvalue weighted by Gasteiger charge is 2.11. The van der Waals surface area contributed by atoms with Crippen LogP contribution in [0.5, 0.6) is 0 Å². The predicted octanol–water partition coefficient (Wildman–Crippen LogP) is 3.42. The molecule has 0 aliphatic rings. The molecule has 0 bridgehead atoms. The molecule has 0 aliphatic heterocycles. The SMILES string of the molecule is CCCc1nc(C(C)C)c(C)nc1CC. The normalized spacial score (nSPS) is 11.1. The van der Waals surface area contributed by atoms with Crippen molar-refractivity contribution in [1.29, 1.82) is 0 Å². The van der Waals surface area contributed by atoms with Gasteiger partial charge in [0.15, 0.2) is 0 Å². The molecule has 0 unspecified atom stereocenters. The maximum absolute atomic E-state index is 4.77. The van der Waals surface area contributed by atoms with E-state index in [-0.39, 0.29) is 0 Å². The second-order valence-electron chi connectivity index (χ2n) is 4.35. The average Bonchev–Trinajstić information content (AvgIpc) is 2.20. The molecule has 0 aliphatic carbocycles. The van der Waals surface area contributed by atoms with Crippen LogP contribution in [0.1, 0.15) is 62.8 Å². The minimum atomic E-state index is 0.471. The van der Waals surface area contributed by atoms with Gasteiger partial charge in [0.05, 0.1) is 22.8 Å². The number of hydrogen-bond acceptors (Lipinski definition) is 2. The van der Waals surface area contributed by atoms with E-state index in [1.54, 1.807) is 0 Å². The third kappa shape index (κ3) is 2.77. The van der Waals surface area contributed by atoms with Crippen LogP contribution in [-0.2, 0) is 12.8 Å². The van der Waals surface area contributed by atoms with Crippen LogP contribution in [0.4, 0.5) is 0 Å². The van der Waals surface area contributed by atoms with Crippen molar-refractivity contribution in [1.82, 2.24) is 9.97 Å². The van der Waals surface area contributed by atoms with E-state index in [4.69, 9.17) is 4.98 Å². The van der Waals surface area contributed by atoms with Gasteiger partial charge in [-0.2, -0.15) is 0 Å². The topological polar surface area (TPSA) is 25.8 Å². The van der Waals surface area contributed by atoms with Crippen molar-refractivity contribution >= 4 is 0 Å². The third-order valence-electron chi connectivity index (χ3n) is 2.63. The molecule has 0 radical (unpaired) electrons. The van der Waals surface area contributed by atoms with Gasteiger partial charge >= 0.3 is 0 Å². The van der Waals surface area contributed by atoms with E-state index < -0.39 is 0 Å². The molecular formula is C13H22N2. The lowest BCUT2D eigenvalue weighted by atomic mass is 10.1. The number of nitrogens with zero attached hydrogens (tertiary/aromatic N) is 2. The number of rotatable bonds is 4. The quantitative estimate of drug-likeness (QED) is 0.754. The summed E-state index contributed by atoms with van der Waals surface area (Å²) in [6, 6.07) is 0. The number of aryl methyl sites for hydroxylation is 3. The summed E-state index contributed by atoms with van der Waals surface area (Å²) in [5.74, 6) is 0.471. The van der Waals surface area contributed by atoms with Crippen molar-refractivity contribution < 1.29 is 0 Å². The molecule has 0 N–H and O–H groups in total. The number of hydrogen-bond donors (Lipinski definition) is 0. The van der Waals surface area contributed by atoms with Gasteiger partial charge in [0.25, 0.3) is 0 Å². The van der Waals surface area contributed by atoms with E-state index in [2.05, 4.69) is 39.6 Å². The Balaban J connectivity index is 3.17. The van der Waals surface area contributed by atoms with E-state index >= 15 is 0 Å². The first kappa shape index (κ1) is 12.2. The molecule has 1 aromatic heterocycles. The van der Waals surface area contributed by atoms with Crippen molar-refractivity contribution in [2.45, 2.75) is 59.8 Å². The molecule has 0 saturated heterocycles. The Kier molecular flexibility index (Phi) is 4.25. The first-order chi connectivity index (χ1) is 7.10. The van der Waals surface area contributed by atoms with Crippen LogP contribution >= 0.6 is 0 Å². The standard InChI is InChI=1S/C13H22N2/c1-6-8-12-11(7-2)14-10(5)13(15-12)9(3)4/h9H,6-8H2,1-5H3. The summed E-state index contributed by atoms with van der Waals surface area (Å²) in [5.41, 5.74) is 4.64. The fourth-order valence-corrected chi connectivity index (χ4v) is 1.88. The molecule has 1 rings (SSSR count). The lowest BCUT2D eigenvalue weighted by molar-refractivity contribution is 0.742. The Morgan fingerprint density at radius 1 is 1.07 bits per heavy atom. The fourth-order valence-electron chi connectivity index (χ4n) is 1.88. The summed E-state index contributed by atoms with van der Waals surface area (Å²) in [4.78, 5) is 9.44. The summed E-state index contributed by atoms with van der Waals surface area (Å²) in [5, 5.41) is 0. The maximum atomic E-state index is 4.77. The summed E-state index contributed by atoms with van der Waals surface area (Å²) >= 11 is 0. The first-order valence-corrected chi connectivity index (χ1v) is 5.96. The molecule has 84 valence electrons. The summed E-state index contributed by atoms with van der Waals surface area (Å²) in [6.45, 7) is 10.8. The van der Waals surface area contributed by atoms with Crippen LogP contribution in [0.15, 0.2) is 0 Å². The zero-order valence-electron chi connectivity index (χ0n) is 10.6.